The van der Waals surface area contributed by atoms with Gasteiger partial charge in [0, 0.05) is 0 Å². The molecule has 0 heterocycles. The van der Waals surface area contributed by atoms with Crippen molar-refractivity contribution in [1.82, 2.24) is 0 Å². The van der Waals surface area contributed by atoms with E-state index in [0.29, 0.717) is 0 Å². The number of aliphatic hydroxyl groups excluding tert-OH is 5. The summed E-state index contributed by atoms with van der Waals surface area (Å²) in [5.41, 5.74) is 0. The van der Waals surface area contributed by atoms with Crippen LogP contribution < -0.4 is 0 Å². The number of aliphatic carboxylic acids is 1. The number of hydrogen-bond acceptors (Lipinski definition) is 7. The Balaban J connectivity index is 4.42. The molecule has 0 aromatic heterocycles. The summed E-state index contributed by atoms with van der Waals surface area (Å²) < 4.78 is 0. The molecule has 0 radical (unpaired) electrons. The number of rotatable bonds is 7. The Hall–Kier alpha value is -1.06. The van der Waals surface area contributed by atoms with E-state index in [1.807, 2.05) is 0 Å². The molecule has 0 saturated carbocycles. The zero-order chi connectivity index (χ0) is 12.9. The monoisotopic (exact) mass is 238 g/mol. The molecule has 0 aromatic carbocycles. The Labute approximate surface area is 90.4 Å². The van der Waals surface area contributed by atoms with Crippen LogP contribution in [-0.4, -0.2) is 73.4 Å². The molecule has 0 amide bonds. The zero-order valence-corrected chi connectivity index (χ0v) is 8.22. The summed E-state index contributed by atoms with van der Waals surface area (Å²) in [6.07, 6.45) is -8.79. The highest BCUT2D eigenvalue weighted by molar-refractivity contribution is 5.90. The molecule has 0 aliphatic heterocycles. The summed E-state index contributed by atoms with van der Waals surface area (Å²) in [4.78, 5) is 21.3. The normalized spacial score (nSPS) is 18.6. The molecule has 6 N–H and O–H groups in total. The van der Waals surface area contributed by atoms with Crippen molar-refractivity contribution in [1.29, 1.82) is 0 Å². The summed E-state index contributed by atoms with van der Waals surface area (Å²) in [6, 6.07) is 0. The highest BCUT2D eigenvalue weighted by Gasteiger charge is 2.34. The minimum absolute atomic E-state index is 0.888. The minimum Gasteiger partial charge on any atom is -0.481 e. The van der Waals surface area contributed by atoms with Crippen molar-refractivity contribution in [2.75, 3.05) is 6.61 Å². The summed E-state index contributed by atoms with van der Waals surface area (Å²) >= 11 is 0. The van der Waals surface area contributed by atoms with Crippen LogP contribution in [0.2, 0.25) is 0 Å². The molecule has 8 nitrogen and oxygen atoms in total. The second kappa shape index (κ2) is 6.51. The highest BCUT2D eigenvalue weighted by Crippen LogP contribution is 2.06. The maximum atomic E-state index is 11.1. The average Bonchev–Trinajstić information content (AvgIpc) is 2.23. The average molecular weight is 238 g/mol. The van der Waals surface area contributed by atoms with Crippen molar-refractivity contribution in [3.63, 3.8) is 0 Å². The second-order valence-corrected chi connectivity index (χ2v) is 3.20. The van der Waals surface area contributed by atoms with Crippen LogP contribution in [0.3, 0.4) is 0 Å². The van der Waals surface area contributed by atoms with Crippen molar-refractivity contribution in [2.24, 2.45) is 0 Å². The van der Waals surface area contributed by atoms with Gasteiger partial charge in [-0.15, -0.1) is 0 Å². The van der Waals surface area contributed by atoms with E-state index < -0.39 is 49.2 Å². The first kappa shape index (κ1) is 14.9. The van der Waals surface area contributed by atoms with Gasteiger partial charge < -0.3 is 30.6 Å². The van der Waals surface area contributed by atoms with Gasteiger partial charge in [-0.05, 0) is 0 Å². The molecule has 94 valence electrons. The van der Waals surface area contributed by atoms with Gasteiger partial charge >= 0.3 is 5.97 Å². The van der Waals surface area contributed by atoms with Gasteiger partial charge in [-0.1, -0.05) is 0 Å². The molecule has 0 aliphatic carbocycles. The number of aliphatic hydroxyl groups is 5. The molecule has 1 unspecified atom stereocenters. The molecule has 0 spiro atoms. The number of carbonyl (C=O) groups is 2. The summed E-state index contributed by atoms with van der Waals surface area (Å²) in [6.45, 7) is -0.888. The number of carbonyl (C=O) groups excluding carboxylic acids is 1. The van der Waals surface area contributed by atoms with Crippen molar-refractivity contribution in [3.05, 3.63) is 0 Å². The minimum atomic E-state index is -2.16. The number of hydrogen-bond donors (Lipinski definition) is 6. The topological polar surface area (TPSA) is 156 Å². The van der Waals surface area contributed by atoms with Crippen LogP contribution >= 0.6 is 0 Å². The summed E-state index contributed by atoms with van der Waals surface area (Å²) in [5.74, 6) is -2.78. The lowest BCUT2D eigenvalue weighted by Gasteiger charge is -2.21. The molecule has 16 heavy (non-hydrogen) atoms. The van der Waals surface area contributed by atoms with Crippen LogP contribution in [0.15, 0.2) is 0 Å². The molecular formula is C8H14O8. The van der Waals surface area contributed by atoms with E-state index in [0.717, 1.165) is 0 Å². The molecule has 0 aromatic rings. The number of carboxylic acid groups (broad SMARTS) is 1. The third kappa shape index (κ3) is 4.21. The van der Waals surface area contributed by atoms with E-state index in [4.69, 9.17) is 30.6 Å². The Kier molecular flexibility index (Phi) is 6.08. The van der Waals surface area contributed by atoms with Crippen LogP contribution in [0.25, 0.3) is 0 Å². The van der Waals surface area contributed by atoms with Crippen LogP contribution in [0.1, 0.15) is 6.42 Å². The van der Waals surface area contributed by atoms with E-state index in [-0.39, 0.29) is 0 Å². The first-order valence-corrected chi connectivity index (χ1v) is 4.39. The summed E-state index contributed by atoms with van der Waals surface area (Å²) in [7, 11) is 0. The van der Waals surface area contributed by atoms with Gasteiger partial charge in [0.1, 0.15) is 24.4 Å². The Morgan fingerprint density at radius 3 is 1.94 bits per heavy atom. The predicted molar refractivity (Wildman–Crippen MR) is 48.4 cm³/mol. The van der Waals surface area contributed by atoms with Gasteiger partial charge in [0.05, 0.1) is 13.0 Å². The van der Waals surface area contributed by atoms with Gasteiger partial charge in [-0.3, -0.25) is 9.59 Å². The smallest absolute Gasteiger partial charge is 0.306 e. The molecular weight excluding hydrogens is 224 g/mol. The van der Waals surface area contributed by atoms with Crippen molar-refractivity contribution in [3.8, 4) is 0 Å². The third-order valence-corrected chi connectivity index (χ3v) is 1.89. The fourth-order valence-electron chi connectivity index (χ4n) is 0.950. The van der Waals surface area contributed by atoms with E-state index in [1.165, 1.54) is 0 Å². The quantitative estimate of drug-likeness (QED) is 0.266. The van der Waals surface area contributed by atoms with Crippen molar-refractivity contribution >= 4 is 11.8 Å². The number of ketones is 1. The molecule has 8 heteroatoms. The first-order valence-electron chi connectivity index (χ1n) is 4.39. The standard InChI is InChI=1S/C8H14O8/c9-2-4(11)7(15)8(16)6(14)3(10)1-5(12)13/h3-4,7-11,15-16H,1-2H2,(H,12,13)/t3?,4-,7+,8-/m1/s1. The zero-order valence-electron chi connectivity index (χ0n) is 8.22. The molecule has 0 bridgehead atoms. The second-order valence-electron chi connectivity index (χ2n) is 3.20. The molecule has 4 atom stereocenters. The van der Waals surface area contributed by atoms with E-state index in [9.17, 15) is 9.59 Å². The first-order chi connectivity index (χ1) is 7.31. The Bertz CT molecular complexity index is 252. The van der Waals surface area contributed by atoms with E-state index >= 15 is 0 Å². The van der Waals surface area contributed by atoms with E-state index in [1.54, 1.807) is 0 Å². The molecule has 0 fully saturated rings. The lowest BCUT2D eigenvalue weighted by molar-refractivity contribution is -0.153. The van der Waals surface area contributed by atoms with Crippen LogP contribution in [0.4, 0.5) is 0 Å². The fourth-order valence-corrected chi connectivity index (χ4v) is 0.950. The predicted octanol–water partition coefficient (Wildman–Crippen LogP) is -3.53. The van der Waals surface area contributed by atoms with Crippen LogP contribution in [0.5, 0.6) is 0 Å². The van der Waals surface area contributed by atoms with Gasteiger partial charge in [0.15, 0.2) is 5.78 Å². The Morgan fingerprint density at radius 2 is 1.56 bits per heavy atom. The largest absolute Gasteiger partial charge is 0.481 e. The molecule has 0 aliphatic rings. The van der Waals surface area contributed by atoms with Gasteiger partial charge in [-0.25, -0.2) is 0 Å². The third-order valence-electron chi connectivity index (χ3n) is 1.89. The number of carboxylic acids is 1. The Morgan fingerprint density at radius 1 is 1.06 bits per heavy atom. The number of Topliss-reactive ketones (excluding diaryl/α,β-unsaturated/α-hetero) is 1. The van der Waals surface area contributed by atoms with Crippen LogP contribution in [-0.2, 0) is 9.59 Å². The lowest BCUT2D eigenvalue weighted by Crippen LogP contribution is -2.47. The fraction of sp³-hybridized carbons (Fsp3) is 0.750. The van der Waals surface area contributed by atoms with E-state index in [2.05, 4.69) is 0 Å². The van der Waals surface area contributed by atoms with Gasteiger partial charge in [-0.2, -0.15) is 0 Å². The van der Waals surface area contributed by atoms with Crippen molar-refractivity contribution < 1.29 is 40.2 Å². The maximum absolute atomic E-state index is 11.1. The van der Waals surface area contributed by atoms with Crippen LogP contribution in [0, 0.1) is 0 Å². The SMILES string of the molecule is O=C(O)CC(O)C(=O)[C@@H](O)[C@@H](O)[C@H](O)CO. The van der Waals surface area contributed by atoms with Gasteiger partial charge in [0.25, 0.3) is 0 Å². The maximum Gasteiger partial charge on any atom is 0.306 e. The summed E-state index contributed by atoms with van der Waals surface area (Å²) in [5, 5.41) is 52.9. The van der Waals surface area contributed by atoms with Crippen molar-refractivity contribution in [2.45, 2.75) is 30.8 Å². The molecule has 0 saturated heterocycles. The highest BCUT2D eigenvalue weighted by atomic mass is 16.4. The van der Waals surface area contributed by atoms with Gasteiger partial charge in [0.2, 0.25) is 0 Å². The lowest BCUT2D eigenvalue weighted by atomic mass is 9.99. The molecule has 0 rings (SSSR count).